The number of rotatable bonds is 5. The summed E-state index contributed by atoms with van der Waals surface area (Å²) in [5, 5.41) is 4.49. The second-order valence-electron chi connectivity index (χ2n) is 4.23. The van der Waals surface area contributed by atoms with Crippen molar-refractivity contribution in [2.24, 2.45) is 10.9 Å². The summed E-state index contributed by atoms with van der Waals surface area (Å²) in [7, 11) is 1.57. The molecule has 0 fully saturated rings. The SMILES string of the molecule is COc1cc(C=NN)ccc1OCc1ccc(Cl)c(Cl)c1. The van der Waals surface area contributed by atoms with E-state index in [1.54, 1.807) is 31.4 Å². The average Bonchev–Trinajstić information content (AvgIpc) is 2.49. The Morgan fingerprint density at radius 1 is 1.10 bits per heavy atom. The van der Waals surface area contributed by atoms with Gasteiger partial charge in [0.15, 0.2) is 11.5 Å². The molecule has 0 heterocycles. The summed E-state index contributed by atoms with van der Waals surface area (Å²) in [4.78, 5) is 0. The number of benzene rings is 2. The first-order chi connectivity index (χ1) is 10.1. The van der Waals surface area contributed by atoms with Crippen LogP contribution in [0.5, 0.6) is 11.5 Å². The van der Waals surface area contributed by atoms with E-state index >= 15 is 0 Å². The van der Waals surface area contributed by atoms with Gasteiger partial charge in [-0.2, -0.15) is 5.10 Å². The molecule has 0 aliphatic carbocycles. The first-order valence-corrected chi connectivity index (χ1v) is 6.87. The van der Waals surface area contributed by atoms with Crippen LogP contribution in [0, 0.1) is 0 Å². The van der Waals surface area contributed by atoms with Gasteiger partial charge < -0.3 is 15.3 Å². The lowest BCUT2D eigenvalue weighted by Gasteiger charge is -2.11. The van der Waals surface area contributed by atoms with Gasteiger partial charge in [0, 0.05) is 0 Å². The third-order valence-corrected chi connectivity index (χ3v) is 3.53. The molecule has 0 saturated heterocycles. The molecule has 0 saturated carbocycles. The highest BCUT2D eigenvalue weighted by Crippen LogP contribution is 2.29. The Kier molecular flexibility index (Phi) is 5.31. The van der Waals surface area contributed by atoms with E-state index in [9.17, 15) is 0 Å². The topological polar surface area (TPSA) is 56.8 Å². The van der Waals surface area contributed by atoms with E-state index in [0.29, 0.717) is 28.2 Å². The summed E-state index contributed by atoms with van der Waals surface area (Å²) in [6.07, 6.45) is 1.53. The van der Waals surface area contributed by atoms with Crippen LogP contribution in [0.1, 0.15) is 11.1 Å². The zero-order chi connectivity index (χ0) is 15.2. The third-order valence-electron chi connectivity index (χ3n) is 2.79. The zero-order valence-corrected chi connectivity index (χ0v) is 12.9. The smallest absolute Gasteiger partial charge is 0.161 e. The van der Waals surface area contributed by atoms with Crippen LogP contribution in [0.2, 0.25) is 10.0 Å². The summed E-state index contributed by atoms with van der Waals surface area (Å²) in [5.41, 5.74) is 1.75. The maximum atomic E-state index is 5.97. The molecule has 2 aromatic carbocycles. The number of nitrogens with zero attached hydrogens (tertiary/aromatic N) is 1. The molecule has 0 aliphatic heterocycles. The molecule has 2 aromatic rings. The molecular formula is C15H14Cl2N2O2. The molecule has 2 rings (SSSR count). The molecule has 0 atom stereocenters. The van der Waals surface area contributed by atoms with Crippen LogP contribution in [-0.2, 0) is 6.61 Å². The predicted molar refractivity (Wildman–Crippen MR) is 85.6 cm³/mol. The fraction of sp³-hybridized carbons (Fsp3) is 0.133. The normalized spacial score (nSPS) is 10.8. The molecule has 0 aromatic heterocycles. The molecule has 0 unspecified atom stereocenters. The van der Waals surface area contributed by atoms with E-state index in [-0.39, 0.29) is 0 Å². The van der Waals surface area contributed by atoms with Crippen molar-refractivity contribution in [3.63, 3.8) is 0 Å². The first-order valence-electron chi connectivity index (χ1n) is 6.12. The Morgan fingerprint density at radius 3 is 2.57 bits per heavy atom. The summed E-state index contributed by atoms with van der Waals surface area (Å²) < 4.78 is 11.0. The van der Waals surface area contributed by atoms with Crippen molar-refractivity contribution in [2.75, 3.05) is 7.11 Å². The standard InChI is InChI=1S/C15H14Cl2N2O2/c1-20-15-7-10(8-19-18)3-5-14(15)21-9-11-2-4-12(16)13(17)6-11/h2-8H,9,18H2,1H3. The third kappa shape index (κ3) is 4.03. The number of methoxy groups -OCH3 is 1. The lowest BCUT2D eigenvalue weighted by Crippen LogP contribution is -1.98. The Morgan fingerprint density at radius 2 is 1.90 bits per heavy atom. The number of ether oxygens (including phenoxy) is 2. The second kappa shape index (κ2) is 7.20. The number of hydrogen-bond acceptors (Lipinski definition) is 4. The molecule has 4 nitrogen and oxygen atoms in total. The van der Waals surface area contributed by atoms with Gasteiger partial charge >= 0.3 is 0 Å². The zero-order valence-electron chi connectivity index (χ0n) is 11.3. The van der Waals surface area contributed by atoms with Crippen molar-refractivity contribution in [3.8, 4) is 11.5 Å². The van der Waals surface area contributed by atoms with Crippen molar-refractivity contribution in [1.29, 1.82) is 0 Å². The lowest BCUT2D eigenvalue weighted by atomic mass is 10.2. The molecule has 2 N–H and O–H groups in total. The summed E-state index contributed by atoms with van der Waals surface area (Å²) in [6, 6.07) is 10.8. The summed E-state index contributed by atoms with van der Waals surface area (Å²) in [5.74, 6) is 6.35. The fourth-order valence-electron chi connectivity index (χ4n) is 1.76. The minimum absolute atomic E-state index is 0.359. The van der Waals surface area contributed by atoms with Gasteiger partial charge in [-0.25, -0.2) is 0 Å². The molecule has 21 heavy (non-hydrogen) atoms. The van der Waals surface area contributed by atoms with Crippen LogP contribution in [0.3, 0.4) is 0 Å². The Balaban J connectivity index is 2.13. The maximum absolute atomic E-state index is 5.97. The van der Waals surface area contributed by atoms with Gasteiger partial charge in [0.05, 0.1) is 23.4 Å². The van der Waals surface area contributed by atoms with Crippen molar-refractivity contribution in [2.45, 2.75) is 6.61 Å². The Labute approximate surface area is 133 Å². The molecule has 0 aliphatic rings. The minimum atomic E-state index is 0.359. The highest BCUT2D eigenvalue weighted by molar-refractivity contribution is 6.42. The van der Waals surface area contributed by atoms with Gasteiger partial charge in [0.2, 0.25) is 0 Å². The minimum Gasteiger partial charge on any atom is -0.493 e. The van der Waals surface area contributed by atoms with Crippen molar-refractivity contribution in [1.82, 2.24) is 0 Å². The molecule has 0 spiro atoms. The molecule has 0 bridgehead atoms. The lowest BCUT2D eigenvalue weighted by molar-refractivity contribution is 0.284. The highest BCUT2D eigenvalue weighted by atomic mass is 35.5. The Bertz CT molecular complexity index is 660. The van der Waals surface area contributed by atoms with Gasteiger partial charge in [-0.05, 0) is 41.5 Å². The number of halogens is 2. The van der Waals surface area contributed by atoms with Crippen LogP contribution in [0.4, 0.5) is 0 Å². The number of hydrazone groups is 1. The Hall–Kier alpha value is -1.91. The maximum Gasteiger partial charge on any atom is 0.161 e. The van der Waals surface area contributed by atoms with Crippen molar-refractivity contribution < 1.29 is 9.47 Å². The van der Waals surface area contributed by atoms with E-state index in [4.69, 9.17) is 38.5 Å². The van der Waals surface area contributed by atoms with Crippen LogP contribution in [0.15, 0.2) is 41.5 Å². The van der Waals surface area contributed by atoms with Crippen molar-refractivity contribution in [3.05, 3.63) is 57.6 Å². The highest BCUT2D eigenvalue weighted by Gasteiger charge is 2.06. The second-order valence-corrected chi connectivity index (χ2v) is 5.04. The van der Waals surface area contributed by atoms with Crippen LogP contribution >= 0.6 is 23.2 Å². The van der Waals surface area contributed by atoms with Crippen LogP contribution < -0.4 is 15.3 Å². The van der Waals surface area contributed by atoms with Crippen LogP contribution in [0.25, 0.3) is 0 Å². The van der Waals surface area contributed by atoms with Gasteiger partial charge in [0.25, 0.3) is 0 Å². The van der Waals surface area contributed by atoms with E-state index in [0.717, 1.165) is 11.1 Å². The molecule has 0 amide bonds. The van der Waals surface area contributed by atoms with Crippen LogP contribution in [-0.4, -0.2) is 13.3 Å². The van der Waals surface area contributed by atoms with Gasteiger partial charge in [0.1, 0.15) is 6.61 Å². The quantitative estimate of drug-likeness (QED) is 0.516. The van der Waals surface area contributed by atoms with E-state index in [1.807, 2.05) is 12.1 Å². The van der Waals surface area contributed by atoms with Gasteiger partial charge in [-0.15, -0.1) is 0 Å². The average molecular weight is 325 g/mol. The number of hydrogen-bond donors (Lipinski definition) is 1. The molecule has 6 heteroatoms. The van der Waals surface area contributed by atoms with Crippen molar-refractivity contribution >= 4 is 29.4 Å². The van der Waals surface area contributed by atoms with E-state index in [1.165, 1.54) is 6.21 Å². The molecule has 0 radical (unpaired) electrons. The molecule has 110 valence electrons. The molecular weight excluding hydrogens is 311 g/mol. The fourth-order valence-corrected chi connectivity index (χ4v) is 2.08. The first kappa shape index (κ1) is 15.5. The van der Waals surface area contributed by atoms with E-state index in [2.05, 4.69) is 5.10 Å². The van der Waals surface area contributed by atoms with Gasteiger partial charge in [-0.3, -0.25) is 0 Å². The largest absolute Gasteiger partial charge is 0.493 e. The summed E-state index contributed by atoms with van der Waals surface area (Å²) in [6.45, 7) is 0.359. The summed E-state index contributed by atoms with van der Waals surface area (Å²) >= 11 is 11.8. The van der Waals surface area contributed by atoms with Gasteiger partial charge in [-0.1, -0.05) is 29.3 Å². The number of nitrogens with two attached hydrogens (primary N) is 1. The van der Waals surface area contributed by atoms with E-state index < -0.39 is 0 Å². The monoisotopic (exact) mass is 324 g/mol. The predicted octanol–water partition coefficient (Wildman–Crippen LogP) is 3.87.